The van der Waals surface area contributed by atoms with Gasteiger partial charge in [-0.25, -0.2) is 0 Å². The molecule has 1 fully saturated rings. The van der Waals surface area contributed by atoms with E-state index >= 15 is 0 Å². The van der Waals surface area contributed by atoms with E-state index in [2.05, 4.69) is 25.7 Å². The Morgan fingerprint density at radius 1 is 1.30 bits per heavy atom. The van der Waals surface area contributed by atoms with Gasteiger partial charge in [-0.1, -0.05) is 27.2 Å². The van der Waals surface area contributed by atoms with Crippen LogP contribution < -0.4 is 15.5 Å². The minimum Gasteiger partial charge on any atom is -0.350 e. The van der Waals surface area contributed by atoms with E-state index in [9.17, 15) is 9.00 Å². The van der Waals surface area contributed by atoms with Crippen LogP contribution in [0.1, 0.15) is 40.0 Å². The van der Waals surface area contributed by atoms with Gasteiger partial charge in [0.05, 0.1) is 18.0 Å². The SMILES string of the molecule is CC(C)[C@@H]1CC[C@@H](C)C[C@H]1C(=O)N1CN(CCN)c2cc(S(C)=O)ccc21. The highest BCUT2D eigenvalue weighted by molar-refractivity contribution is 7.84. The highest BCUT2D eigenvalue weighted by Gasteiger charge is 2.40. The van der Waals surface area contributed by atoms with E-state index in [1.807, 2.05) is 23.1 Å². The molecule has 27 heavy (non-hydrogen) atoms. The number of carbonyl (C=O) groups is 1. The maximum absolute atomic E-state index is 13.6. The van der Waals surface area contributed by atoms with Gasteiger partial charge in [-0.3, -0.25) is 13.9 Å². The van der Waals surface area contributed by atoms with Crippen LogP contribution in [0.25, 0.3) is 0 Å². The third-order valence-electron chi connectivity index (χ3n) is 6.23. The van der Waals surface area contributed by atoms with Crippen LogP contribution in [0.5, 0.6) is 0 Å². The average molecular weight is 392 g/mol. The lowest BCUT2D eigenvalue weighted by Gasteiger charge is -2.38. The number of nitrogens with two attached hydrogens (primary N) is 1. The van der Waals surface area contributed by atoms with Crippen molar-refractivity contribution >= 4 is 28.1 Å². The van der Waals surface area contributed by atoms with Crippen LogP contribution >= 0.6 is 0 Å². The second-order valence-electron chi connectivity index (χ2n) is 8.50. The van der Waals surface area contributed by atoms with Crippen molar-refractivity contribution in [1.29, 1.82) is 0 Å². The molecule has 150 valence electrons. The van der Waals surface area contributed by atoms with Gasteiger partial charge < -0.3 is 10.6 Å². The smallest absolute Gasteiger partial charge is 0.231 e. The van der Waals surface area contributed by atoms with Crippen molar-refractivity contribution in [3.8, 4) is 0 Å². The normalized spacial score (nSPS) is 26.4. The van der Waals surface area contributed by atoms with Crippen molar-refractivity contribution < 1.29 is 9.00 Å². The molecule has 1 aromatic carbocycles. The van der Waals surface area contributed by atoms with E-state index in [-0.39, 0.29) is 11.8 Å². The second-order valence-corrected chi connectivity index (χ2v) is 9.88. The van der Waals surface area contributed by atoms with E-state index < -0.39 is 10.8 Å². The maximum atomic E-state index is 13.6. The summed E-state index contributed by atoms with van der Waals surface area (Å²) in [6.45, 7) is 8.49. The molecule has 0 spiro atoms. The first-order valence-electron chi connectivity index (χ1n) is 10.1. The fourth-order valence-electron chi connectivity index (χ4n) is 4.71. The van der Waals surface area contributed by atoms with Crippen molar-refractivity contribution in [3.05, 3.63) is 18.2 Å². The number of hydrogen-bond donors (Lipinski definition) is 1. The predicted molar refractivity (Wildman–Crippen MR) is 112 cm³/mol. The van der Waals surface area contributed by atoms with Gasteiger partial charge in [-0.05, 0) is 48.8 Å². The van der Waals surface area contributed by atoms with Crippen molar-refractivity contribution in [2.24, 2.45) is 29.4 Å². The Kier molecular flexibility index (Phi) is 6.26. The molecule has 1 heterocycles. The van der Waals surface area contributed by atoms with Crippen LogP contribution in [0.2, 0.25) is 0 Å². The molecule has 1 saturated carbocycles. The largest absolute Gasteiger partial charge is 0.350 e. The molecule has 2 aliphatic rings. The Balaban J connectivity index is 1.92. The van der Waals surface area contributed by atoms with E-state index in [1.165, 1.54) is 6.42 Å². The van der Waals surface area contributed by atoms with Gasteiger partial charge in [-0.2, -0.15) is 0 Å². The minimum absolute atomic E-state index is 0.0828. The van der Waals surface area contributed by atoms with Crippen LogP contribution in [0.3, 0.4) is 0 Å². The zero-order valence-electron chi connectivity index (χ0n) is 17.0. The zero-order valence-corrected chi connectivity index (χ0v) is 17.8. The summed E-state index contributed by atoms with van der Waals surface area (Å²) >= 11 is 0. The van der Waals surface area contributed by atoms with Gasteiger partial charge in [0.1, 0.15) is 0 Å². The number of hydrogen-bond acceptors (Lipinski definition) is 4. The monoisotopic (exact) mass is 391 g/mol. The lowest BCUT2D eigenvalue weighted by atomic mass is 9.69. The third-order valence-corrected chi connectivity index (χ3v) is 7.14. The molecule has 0 aromatic heterocycles. The summed E-state index contributed by atoms with van der Waals surface area (Å²) < 4.78 is 11.9. The standard InChI is InChI=1S/C21H33N3O2S/c1-14(2)17-7-5-15(3)11-18(17)21(25)24-13-23(10-9-22)20-12-16(27(4)26)6-8-19(20)24/h6,8,12,14-15,17-18H,5,7,9-11,13,22H2,1-4H3/t15-,17+,18-,27?/m1/s1. The first-order chi connectivity index (χ1) is 12.8. The summed E-state index contributed by atoms with van der Waals surface area (Å²) in [6.07, 6.45) is 5.01. The van der Waals surface area contributed by atoms with Crippen LogP contribution in [0.4, 0.5) is 11.4 Å². The number of amides is 1. The molecule has 2 N–H and O–H groups in total. The van der Waals surface area contributed by atoms with Gasteiger partial charge in [-0.15, -0.1) is 0 Å². The highest BCUT2D eigenvalue weighted by atomic mass is 32.2. The molecular weight excluding hydrogens is 358 g/mol. The van der Waals surface area contributed by atoms with Gasteiger partial charge in [0, 0.05) is 41.0 Å². The third kappa shape index (κ3) is 4.06. The molecule has 4 atom stereocenters. The predicted octanol–water partition coefficient (Wildman–Crippen LogP) is 3.20. The Morgan fingerprint density at radius 3 is 2.67 bits per heavy atom. The van der Waals surface area contributed by atoms with E-state index in [0.717, 1.165) is 29.1 Å². The summed E-state index contributed by atoms with van der Waals surface area (Å²) in [5, 5.41) is 0. The number of benzene rings is 1. The topological polar surface area (TPSA) is 66.6 Å². The fraction of sp³-hybridized carbons (Fsp3) is 0.667. The second kappa shape index (κ2) is 8.31. The molecule has 0 radical (unpaired) electrons. The van der Waals surface area contributed by atoms with Crippen LogP contribution in [-0.4, -0.2) is 36.1 Å². The molecule has 1 unspecified atom stereocenters. The van der Waals surface area contributed by atoms with E-state index in [0.29, 0.717) is 37.5 Å². The Labute approximate surface area is 165 Å². The fourth-order valence-corrected chi connectivity index (χ4v) is 5.25. The number of carbonyl (C=O) groups excluding carboxylic acids is 1. The molecule has 1 aliphatic carbocycles. The zero-order chi connectivity index (χ0) is 19.7. The van der Waals surface area contributed by atoms with Gasteiger partial charge in [0.2, 0.25) is 5.91 Å². The lowest BCUT2D eigenvalue weighted by molar-refractivity contribution is -0.126. The maximum Gasteiger partial charge on any atom is 0.231 e. The van der Waals surface area contributed by atoms with Crippen molar-refractivity contribution in [3.63, 3.8) is 0 Å². The molecule has 1 aliphatic heterocycles. The molecule has 0 saturated heterocycles. The Hall–Kier alpha value is -1.40. The van der Waals surface area contributed by atoms with Gasteiger partial charge >= 0.3 is 0 Å². The number of rotatable bonds is 5. The highest BCUT2D eigenvalue weighted by Crippen LogP contribution is 2.43. The van der Waals surface area contributed by atoms with Crippen molar-refractivity contribution in [2.75, 3.05) is 35.8 Å². The number of anilines is 2. The van der Waals surface area contributed by atoms with Crippen LogP contribution in [0.15, 0.2) is 23.1 Å². The first kappa shape index (κ1) is 20.3. The molecule has 3 rings (SSSR count). The molecule has 1 aromatic rings. The average Bonchev–Trinajstić information content (AvgIpc) is 2.99. The first-order valence-corrected chi connectivity index (χ1v) is 11.6. The summed E-state index contributed by atoms with van der Waals surface area (Å²) in [7, 11) is -1.04. The van der Waals surface area contributed by atoms with Crippen LogP contribution in [-0.2, 0) is 15.6 Å². The minimum atomic E-state index is -1.04. The number of nitrogens with zero attached hydrogens (tertiary/aromatic N) is 2. The lowest BCUT2D eigenvalue weighted by Crippen LogP contribution is -2.45. The summed E-state index contributed by atoms with van der Waals surface area (Å²) in [5.74, 6) is 1.88. The Bertz CT molecular complexity index is 721. The van der Waals surface area contributed by atoms with Crippen molar-refractivity contribution in [2.45, 2.75) is 44.9 Å². The number of fused-ring (bicyclic) bond motifs is 1. The summed E-state index contributed by atoms with van der Waals surface area (Å²) in [5.41, 5.74) is 7.71. The molecule has 1 amide bonds. The molecular formula is C21H33N3O2S. The van der Waals surface area contributed by atoms with E-state index in [4.69, 9.17) is 5.73 Å². The molecule has 6 heteroatoms. The van der Waals surface area contributed by atoms with Crippen LogP contribution in [0, 0.1) is 23.7 Å². The molecule has 5 nitrogen and oxygen atoms in total. The van der Waals surface area contributed by atoms with Crippen molar-refractivity contribution in [1.82, 2.24) is 0 Å². The Morgan fingerprint density at radius 2 is 2.04 bits per heavy atom. The van der Waals surface area contributed by atoms with Gasteiger partial charge in [0.15, 0.2) is 0 Å². The van der Waals surface area contributed by atoms with Gasteiger partial charge in [0.25, 0.3) is 0 Å². The molecule has 0 bridgehead atoms. The van der Waals surface area contributed by atoms with E-state index in [1.54, 1.807) is 6.26 Å². The quantitative estimate of drug-likeness (QED) is 0.837. The summed E-state index contributed by atoms with van der Waals surface area (Å²) in [4.78, 5) is 18.5. The summed E-state index contributed by atoms with van der Waals surface area (Å²) in [6, 6.07) is 5.79.